The molecule has 5 nitrogen and oxygen atoms in total. The number of nitrogens with one attached hydrogen (secondary N) is 1. The van der Waals surface area contributed by atoms with Crippen LogP contribution in [0.3, 0.4) is 0 Å². The quantitative estimate of drug-likeness (QED) is 0.274. The molecule has 0 radical (unpaired) electrons. The van der Waals surface area contributed by atoms with Gasteiger partial charge in [-0.3, -0.25) is 9.98 Å². The number of nitrogens with zero attached hydrogens (tertiary/aromatic N) is 3. The predicted octanol–water partition coefficient (Wildman–Crippen LogP) is 2.87. The molecule has 1 heterocycles. The highest BCUT2D eigenvalue weighted by Crippen LogP contribution is 2.28. The molecule has 0 unspecified atom stereocenters. The number of guanidine groups is 1. The number of pyridine rings is 1. The zero-order valence-corrected chi connectivity index (χ0v) is 17.5. The summed E-state index contributed by atoms with van der Waals surface area (Å²) >= 11 is 0. The summed E-state index contributed by atoms with van der Waals surface area (Å²) in [6.07, 6.45) is 5.53. The fourth-order valence-electron chi connectivity index (χ4n) is 2.25. The molecule has 1 aliphatic carbocycles. The smallest absolute Gasteiger partial charge is 0.193 e. The molecule has 24 heavy (non-hydrogen) atoms. The lowest BCUT2D eigenvalue weighted by atomic mass is 10.2. The van der Waals surface area contributed by atoms with E-state index in [0.717, 1.165) is 56.8 Å². The summed E-state index contributed by atoms with van der Waals surface area (Å²) in [6.45, 7) is 8.28. The average Bonchev–Trinajstić information content (AvgIpc) is 3.36. The summed E-state index contributed by atoms with van der Waals surface area (Å²) in [5.41, 5.74) is 2.28. The molecule has 2 rings (SSSR count). The maximum Gasteiger partial charge on any atom is 0.193 e. The molecule has 0 aromatic carbocycles. The minimum atomic E-state index is 0. The average molecular weight is 446 g/mol. The minimum absolute atomic E-state index is 0. The van der Waals surface area contributed by atoms with Crippen molar-refractivity contribution in [2.45, 2.75) is 33.1 Å². The fraction of sp³-hybridized carbons (Fsp3) is 0.667. The Morgan fingerprint density at radius 2 is 2.21 bits per heavy atom. The van der Waals surface area contributed by atoms with Crippen LogP contribution >= 0.6 is 24.0 Å². The first kappa shape index (κ1) is 21.2. The van der Waals surface area contributed by atoms with Crippen LogP contribution in [0.4, 0.5) is 0 Å². The van der Waals surface area contributed by atoms with Crippen LogP contribution in [0.15, 0.2) is 23.3 Å². The van der Waals surface area contributed by atoms with Crippen molar-refractivity contribution in [3.63, 3.8) is 0 Å². The third kappa shape index (κ3) is 8.28. The Bertz CT molecular complexity index is 488. The van der Waals surface area contributed by atoms with Crippen molar-refractivity contribution in [2.75, 3.05) is 39.9 Å². The van der Waals surface area contributed by atoms with Gasteiger partial charge in [0.05, 0.1) is 6.61 Å². The molecule has 0 bridgehead atoms. The Morgan fingerprint density at radius 1 is 1.42 bits per heavy atom. The lowest BCUT2D eigenvalue weighted by Gasteiger charge is -2.22. The summed E-state index contributed by atoms with van der Waals surface area (Å²) in [4.78, 5) is 11.2. The van der Waals surface area contributed by atoms with Gasteiger partial charge in [0.1, 0.15) is 0 Å². The number of halogens is 1. The third-order valence-electron chi connectivity index (χ3n) is 3.95. The van der Waals surface area contributed by atoms with Crippen molar-refractivity contribution >= 4 is 29.9 Å². The molecule has 0 aliphatic heterocycles. The lowest BCUT2D eigenvalue weighted by molar-refractivity contribution is 0.115. The lowest BCUT2D eigenvalue weighted by Crippen LogP contribution is -2.40. The van der Waals surface area contributed by atoms with Crippen molar-refractivity contribution < 1.29 is 4.74 Å². The van der Waals surface area contributed by atoms with Crippen LogP contribution in [0.2, 0.25) is 0 Å². The number of aryl methyl sites for hydroxylation is 1. The van der Waals surface area contributed by atoms with Crippen LogP contribution in [-0.4, -0.2) is 55.7 Å². The first-order chi connectivity index (χ1) is 11.2. The largest absolute Gasteiger partial charge is 0.379 e. The molecule has 0 saturated heterocycles. The first-order valence-electron chi connectivity index (χ1n) is 8.67. The summed E-state index contributed by atoms with van der Waals surface area (Å²) in [7, 11) is 2.06. The Labute approximate surface area is 163 Å². The van der Waals surface area contributed by atoms with E-state index in [1.807, 2.05) is 19.2 Å². The monoisotopic (exact) mass is 446 g/mol. The van der Waals surface area contributed by atoms with Gasteiger partial charge in [0.15, 0.2) is 5.96 Å². The second-order valence-electron chi connectivity index (χ2n) is 6.23. The van der Waals surface area contributed by atoms with E-state index >= 15 is 0 Å². The minimum Gasteiger partial charge on any atom is -0.379 e. The van der Waals surface area contributed by atoms with Gasteiger partial charge in [-0.15, -0.1) is 24.0 Å². The van der Waals surface area contributed by atoms with E-state index < -0.39 is 0 Å². The topological polar surface area (TPSA) is 49.8 Å². The van der Waals surface area contributed by atoms with Crippen LogP contribution in [0.1, 0.15) is 31.0 Å². The van der Waals surface area contributed by atoms with E-state index in [9.17, 15) is 0 Å². The van der Waals surface area contributed by atoms with Crippen molar-refractivity contribution in [1.82, 2.24) is 15.2 Å². The molecule has 1 saturated carbocycles. The van der Waals surface area contributed by atoms with Gasteiger partial charge in [-0.2, -0.15) is 0 Å². The van der Waals surface area contributed by atoms with Gasteiger partial charge in [0.25, 0.3) is 0 Å². The van der Waals surface area contributed by atoms with E-state index in [1.165, 1.54) is 18.4 Å². The molecule has 0 atom stereocenters. The van der Waals surface area contributed by atoms with E-state index in [0.29, 0.717) is 0 Å². The summed E-state index contributed by atoms with van der Waals surface area (Å²) < 4.78 is 5.71. The highest BCUT2D eigenvalue weighted by atomic mass is 127. The first-order valence-corrected chi connectivity index (χ1v) is 8.67. The van der Waals surface area contributed by atoms with Crippen LogP contribution in [0.5, 0.6) is 0 Å². The van der Waals surface area contributed by atoms with Gasteiger partial charge in [-0.1, -0.05) is 6.07 Å². The molecule has 6 heteroatoms. The molecule has 0 amide bonds. The molecular formula is C18H31IN4O. The Balaban J connectivity index is 0.00000288. The second-order valence-corrected chi connectivity index (χ2v) is 6.23. The van der Waals surface area contributed by atoms with E-state index in [4.69, 9.17) is 9.73 Å². The van der Waals surface area contributed by atoms with Crippen LogP contribution < -0.4 is 5.32 Å². The number of hydrogen-bond acceptors (Lipinski definition) is 3. The van der Waals surface area contributed by atoms with Gasteiger partial charge < -0.3 is 15.0 Å². The Kier molecular flexibility index (Phi) is 10.2. The van der Waals surface area contributed by atoms with E-state index in [2.05, 4.69) is 35.2 Å². The number of hydrogen-bond donors (Lipinski definition) is 1. The van der Waals surface area contributed by atoms with Crippen molar-refractivity contribution in [3.05, 3.63) is 29.6 Å². The molecule has 136 valence electrons. The fourth-order valence-corrected chi connectivity index (χ4v) is 2.25. The van der Waals surface area contributed by atoms with E-state index in [-0.39, 0.29) is 24.0 Å². The zero-order chi connectivity index (χ0) is 16.5. The van der Waals surface area contributed by atoms with Gasteiger partial charge >= 0.3 is 0 Å². The molecule has 1 aromatic heterocycles. The molecule has 1 aliphatic rings. The second kappa shape index (κ2) is 11.6. The highest BCUT2D eigenvalue weighted by Gasteiger charge is 2.21. The Morgan fingerprint density at radius 3 is 2.83 bits per heavy atom. The molecule has 1 aromatic rings. The summed E-state index contributed by atoms with van der Waals surface area (Å²) in [5.74, 6) is 1.77. The molecule has 1 N–H and O–H groups in total. The van der Waals surface area contributed by atoms with Crippen LogP contribution in [-0.2, 0) is 11.2 Å². The Hall–Kier alpha value is -0.890. The number of aromatic nitrogens is 1. The number of aliphatic imine (C=N–C) groups is 1. The van der Waals surface area contributed by atoms with Gasteiger partial charge in [0.2, 0.25) is 0 Å². The number of ether oxygens (including phenoxy) is 1. The molecular weight excluding hydrogens is 415 g/mol. The van der Waals surface area contributed by atoms with Crippen molar-refractivity contribution in [1.29, 1.82) is 0 Å². The van der Waals surface area contributed by atoms with E-state index in [1.54, 1.807) is 0 Å². The van der Waals surface area contributed by atoms with Crippen molar-refractivity contribution in [2.24, 2.45) is 10.9 Å². The van der Waals surface area contributed by atoms with Gasteiger partial charge in [0, 0.05) is 45.2 Å². The summed E-state index contributed by atoms with van der Waals surface area (Å²) in [6, 6.07) is 4.17. The number of rotatable bonds is 9. The standard InChI is InChI=1S/C18H30N4O.HI/c1-4-19-18(22(3)11-12-23-14-17-7-8-17)20-10-9-16-6-5-15(2)21-13-16;/h5-6,13,17H,4,7-12,14H2,1-3H3,(H,19,20);1H. The zero-order valence-electron chi connectivity index (χ0n) is 15.1. The predicted molar refractivity (Wildman–Crippen MR) is 110 cm³/mol. The SMILES string of the molecule is CCNC(=NCCc1ccc(C)nc1)N(C)CCOCC1CC1.I. The van der Waals surface area contributed by atoms with Crippen LogP contribution in [0, 0.1) is 12.8 Å². The molecule has 1 fully saturated rings. The highest BCUT2D eigenvalue weighted by molar-refractivity contribution is 14.0. The maximum absolute atomic E-state index is 5.71. The third-order valence-corrected chi connectivity index (χ3v) is 3.95. The maximum atomic E-state index is 5.71. The number of likely N-dealkylation sites (N-methyl/N-ethyl adjacent to an activating group) is 1. The van der Waals surface area contributed by atoms with Gasteiger partial charge in [-0.25, -0.2) is 0 Å². The normalized spacial score (nSPS) is 14.2. The van der Waals surface area contributed by atoms with Crippen molar-refractivity contribution in [3.8, 4) is 0 Å². The summed E-state index contributed by atoms with van der Waals surface area (Å²) in [5, 5.41) is 3.34. The van der Waals surface area contributed by atoms with Gasteiger partial charge in [-0.05, 0) is 50.7 Å². The van der Waals surface area contributed by atoms with Crippen LogP contribution in [0.25, 0.3) is 0 Å². The molecule has 0 spiro atoms.